The van der Waals surface area contributed by atoms with Gasteiger partial charge >= 0.3 is 0 Å². The van der Waals surface area contributed by atoms with E-state index in [2.05, 4.69) is 5.32 Å². The van der Waals surface area contributed by atoms with Crippen molar-refractivity contribution in [1.82, 2.24) is 5.32 Å². The Morgan fingerprint density at radius 3 is 2.81 bits per heavy atom. The molecule has 4 heteroatoms. The van der Waals surface area contributed by atoms with Crippen molar-refractivity contribution in [3.05, 3.63) is 34.9 Å². The first-order chi connectivity index (χ1) is 7.63. The summed E-state index contributed by atoms with van der Waals surface area (Å²) in [6.45, 7) is 1.58. The van der Waals surface area contributed by atoms with E-state index >= 15 is 0 Å². The molecule has 0 spiro atoms. The zero-order valence-corrected chi connectivity index (χ0v) is 9.75. The maximum atomic E-state index is 11.4. The average Bonchev–Trinajstić information content (AvgIpc) is 2.28. The summed E-state index contributed by atoms with van der Waals surface area (Å²) in [6, 6.07) is 6.83. The summed E-state index contributed by atoms with van der Waals surface area (Å²) in [5.41, 5.74) is 0.932. The van der Waals surface area contributed by atoms with E-state index in [-0.39, 0.29) is 5.91 Å². The molecule has 0 aromatic heterocycles. The average molecular weight is 239 g/mol. The molecule has 0 aliphatic rings. The van der Waals surface area contributed by atoms with Crippen molar-refractivity contribution in [3.63, 3.8) is 0 Å². The monoisotopic (exact) mass is 238 g/mol. The lowest BCUT2D eigenvalue weighted by molar-refractivity contribution is -0.121. The van der Waals surface area contributed by atoms with Crippen LogP contribution in [0.3, 0.4) is 0 Å². The molecule has 0 saturated heterocycles. The Labute approximate surface area is 99.8 Å². The van der Waals surface area contributed by atoms with Crippen molar-refractivity contribution < 1.29 is 9.59 Å². The molecule has 0 aliphatic heterocycles. The molecular formula is C12H13ClNO2. The Kier molecular flexibility index (Phi) is 4.99. The van der Waals surface area contributed by atoms with Crippen LogP contribution in [0.5, 0.6) is 0 Å². The largest absolute Gasteiger partial charge is 0.346 e. The van der Waals surface area contributed by atoms with Gasteiger partial charge in [-0.25, -0.2) is 0 Å². The van der Waals surface area contributed by atoms with Gasteiger partial charge in [0.25, 0.3) is 0 Å². The number of nitrogens with one attached hydrogen (secondary N) is 1. The molecular weight excluding hydrogens is 226 g/mol. The lowest BCUT2D eigenvalue weighted by atomic mass is 10.1. The number of aryl methyl sites for hydroxylation is 1. The van der Waals surface area contributed by atoms with Crippen LogP contribution in [0.25, 0.3) is 0 Å². The maximum Gasteiger partial charge on any atom is 0.222 e. The zero-order chi connectivity index (χ0) is 12.0. The minimum atomic E-state index is -0.557. The molecule has 0 aliphatic carbocycles. The van der Waals surface area contributed by atoms with E-state index in [1.54, 1.807) is 19.3 Å². The van der Waals surface area contributed by atoms with E-state index in [1.165, 1.54) is 0 Å². The molecule has 1 N–H and O–H groups in total. The van der Waals surface area contributed by atoms with E-state index in [4.69, 9.17) is 11.6 Å². The second-order valence-corrected chi connectivity index (χ2v) is 3.91. The number of carbonyl (C=O) groups is 1. The molecule has 0 heterocycles. The lowest BCUT2D eigenvalue weighted by Crippen LogP contribution is -2.33. The molecule has 1 aromatic carbocycles. The zero-order valence-electron chi connectivity index (χ0n) is 9.00. The molecule has 3 nitrogen and oxygen atoms in total. The maximum absolute atomic E-state index is 11.4. The van der Waals surface area contributed by atoms with E-state index < -0.39 is 6.04 Å². The topological polar surface area (TPSA) is 46.2 Å². The summed E-state index contributed by atoms with van der Waals surface area (Å²) >= 11 is 5.95. The second-order valence-electron chi connectivity index (χ2n) is 3.50. The van der Waals surface area contributed by atoms with Gasteiger partial charge in [-0.1, -0.05) is 29.8 Å². The normalized spacial score (nSPS) is 11.9. The van der Waals surface area contributed by atoms with E-state index in [0.29, 0.717) is 17.9 Å². The van der Waals surface area contributed by atoms with E-state index in [1.807, 2.05) is 18.2 Å². The summed E-state index contributed by atoms with van der Waals surface area (Å²) in [7, 11) is 0. The summed E-state index contributed by atoms with van der Waals surface area (Å²) in [5, 5.41) is 3.17. The van der Waals surface area contributed by atoms with Crippen LogP contribution in [0.2, 0.25) is 5.02 Å². The molecule has 85 valence electrons. The van der Waals surface area contributed by atoms with Gasteiger partial charge in [0, 0.05) is 11.4 Å². The third kappa shape index (κ3) is 4.03. The van der Waals surface area contributed by atoms with Crippen molar-refractivity contribution in [2.75, 3.05) is 0 Å². The van der Waals surface area contributed by atoms with Gasteiger partial charge in [-0.2, -0.15) is 0 Å². The van der Waals surface area contributed by atoms with Crippen LogP contribution in [0.4, 0.5) is 0 Å². The van der Waals surface area contributed by atoms with Crippen LogP contribution in [0.15, 0.2) is 24.3 Å². The third-order valence-electron chi connectivity index (χ3n) is 2.13. The molecule has 0 unspecified atom stereocenters. The molecule has 1 atom stereocenters. The van der Waals surface area contributed by atoms with Crippen LogP contribution >= 0.6 is 11.6 Å². The highest BCUT2D eigenvalue weighted by atomic mass is 35.5. The number of amides is 1. The quantitative estimate of drug-likeness (QED) is 0.852. The Hall–Kier alpha value is -1.35. The van der Waals surface area contributed by atoms with Gasteiger partial charge in [0.2, 0.25) is 12.2 Å². The van der Waals surface area contributed by atoms with Crippen LogP contribution in [0, 0.1) is 0 Å². The molecule has 1 aromatic rings. The molecule has 0 bridgehead atoms. The van der Waals surface area contributed by atoms with Crippen LogP contribution in [0.1, 0.15) is 18.9 Å². The fourth-order valence-corrected chi connectivity index (χ4v) is 1.52. The van der Waals surface area contributed by atoms with E-state index in [9.17, 15) is 9.59 Å². The number of carbonyl (C=O) groups excluding carboxylic acids is 2. The predicted molar refractivity (Wildman–Crippen MR) is 63.1 cm³/mol. The number of benzene rings is 1. The van der Waals surface area contributed by atoms with Gasteiger partial charge in [-0.05, 0) is 25.0 Å². The summed E-state index contributed by atoms with van der Waals surface area (Å²) in [4.78, 5) is 21.6. The third-order valence-corrected chi connectivity index (χ3v) is 2.50. The van der Waals surface area contributed by atoms with E-state index in [0.717, 1.165) is 5.56 Å². The predicted octanol–water partition coefficient (Wildman–Crippen LogP) is 1.89. The summed E-state index contributed by atoms with van der Waals surface area (Å²) in [6.07, 6.45) is 2.58. The Morgan fingerprint density at radius 1 is 1.50 bits per heavy atom. The van der Waals surface area contributed by atoms with Gasteiger partial charge in [-0.3, -0.25) is 9.59 Å². The summed E-state index contributed by atoms with van der Waals surface area (Å²) < 4.78 is 0. The van der Waals surface area contributed by atoms with Crippen molar-refractivity contribution >= 4 is 23.8 Å². The van der Waals surface area contributed by atoms with Gasteiger partial charge in [0.05, 0.1) is 6.04 Å². The van der Waals surface area contributed by atoms with Gasteiger partial charge < -0.3 is 5.32 Å². The van der Waals surface area contributed by atoms with Crippen LogP contribution < -0.4 is 5.32 Å². The Balaban J connectivity index is 2.43. The second kappa shape index (κ2) is 6.28. The number of halogens is 1. The lowest BCUT2D eigenvalue weighted by Gasteiger charge is -2.07. The highest BCUT2D eigenvalue weighted by Gasteiger charge is 2.07. The van der Waals surface area contributed by atoms with Crippen molar-refractivity contribution in [1.29, 1.82) is 0 Å². The standard InChI is InChI=1S/C12H13ClNO2/c1-9(8-15)14-12(16)7-6-10-4-2-3-5-11(10)13/h2-5,9H,6-7H2,1H3,(H,14,16)/t9-/m0/s1. The smallest absolute Gasteiger partial charge is 0.222 e. The minimum absolute atomic E-state index is 0.171. The first kappa shape index (κ1) is 12.7. The van der Waals surface area contributed by atoms with Crippen molar-refractivity contribution in [2.24, 2.45) is 0 Å². The molecule has 1 radical (unpaired) electrons. The first-order valence-corrected chi connectivity index (χ1v) is 5.41. The minimum Gasteiger partial charge on any atom is -0.346 e. The number of hydrogen-bond acceptors (Lipinski definition) is 2. The van der Waals surface area contributed by atoms with Gasteiger partial charge in [0.15, 0.2) is 0 Å². The van der Waals surface area contributed by atoms with Crippen LogP contribution in [-0.4, -0.2) is 18.2 Å². The number of hydrogen-bond donors (Lipinski definition) is 1. The summed E-state index contributed by atoms with van der Waals surface area (Å²) in [5.74, 6) is -0.171. The fourth-order valence-electron chi connectivity index (χ4n) is 1.29. The highest BCUT2D eigenvalue weighted by Crippen LogP contribution is 2.16. The fraction of sp³-hybridized carbons (Fsp3) is 0.333. The first-order valence-electron chi connectivity index (χ1n) is 5.04. The number of rotatable bonds is 5. The SMILES string of the molecule is C[C@@H]([C]=O)NC(=O)CCc1ccccc1Cl. The van der Waals surface area contributed by atoms with Crippen molar-refractivity contribution in [2.45, 2.75) is 25.8 Å². The Morgan fingerprint density at radius 2 is 2.19 bits per heavy atom. The van der Waals surface area contributed by atoms with Crippen molar-refractivity contribution in [3.8, 4) is 0 Å². The van der Waals surface area contributed by atoms with Gasteiger partial charge in [-0.15, -0.1) is 0 Å². The van der Waals surface area contributed by atoms with Crippen LogP contribution in [-0.2, 0) is 16.0 Å². The molecule has 1 rings (SSSR count). The molecule has 16 heavy (non-hydrogen) atoms. The molecule has 0 fully saturated rings. The molecule has 0 saturated carbocycles. The Bertz CT molecular complexity index is 379. The molecule has 1 amide bonds. The van der Waals surface area contributed by atoms with Gasteiger partial charge in [0.1, 0.15) is 0 Å². The highest BCUT2D eigenvalue weighted by molar-refractivity contribution is 6.31.